The van der Waals surface area contributed by atoms with Gasteiger partial charge in [-0.1, -0.05) is 0 Å². The molecule has 0 heterocycles. The Hall–Kier alpha value is -3.78. The molecule has 0 spiro atoms. The van der Waals surface area contributed by atoms with Gasteiger partial charge < -0.3 is 40.9 Å². The van der Waals surface area contributed by atoms with Crippen molar-refractivity contribution in [1.29, 1.82) is 0 Å². The molecule has 0 bridgehead atoms. The molecule has 0 unspecified atom stereocenters. The minimum Gasteiger partial charge on any atom is -0.480 e. The summed E-state index contributed by atoms with van der Waals surface area (Å²) in [4.78, 5) is 88.7. The summed E-state index contributed by atoms with van der Waals surface area (Å²) in [5.74, 6) is -9.82. The average molecular weight is 650 g/mol. The molecule has 0 atom stereocenters. The molecule has 21 heteroatoms. The van der Waals surface area contributed by atoms with E-state index in [-0.39, 0.29) is 45.7 Å². The predicted molar refractivity (Wildman–Crippen MR) is 127 cm³/mol. The van der Waals surface area contributed by atoms with Crippen molar-refractivity contribution in [1.82, 2.24) is 19.6 Å². The van der Waals surface area contributed by atoms with Gasteiger partial charge in [0.2, 0.25) is 0 Å². The van der Waals surface area contributed by atoms with Gasteiger partial charge in [-0.25, -0.2) is 0 Å². The fourth-order valence-corrected chi connectivity index (χ4v) is 2.95. The third-order valence-electron chi connectivity index (χ3n) is 4.34. The van der Waals surface area contributed by atoms with Gasteiger partial charge in [-0.05, 0) is 0 Å². The molecule has 0 saturated heterocycles. The Morgan fingerprint density at radius 2 is 0.390 bits per heavy atom. The maximum absolute atomic E-state index is 10.6. The van der Waals surface area contributed by atoms with Crippen LogP contribution >= 0.6 is 0 Å². The van der Waals surface area contributed by atoms with Gasteiger partial charge in [-0.15, -0.1) is 0 Å². The van der Waals surface area contributed by atoms with Crippen LogP contribution in [0.3, 0.4) is 0 Å². The van der Waals surface area contributed by atoms with Crippen LogP contribution < -0.4 is 0 Å². The van der Waals surface area contributed by atoms with E-state index in [1.54, 1.807) is 0 Å². The van der Waals surface area contributed by atoms with Gasteiger partial charge in [0.25, 0.3) is 0 Å². The van der Waals surface area contributed by atoms with E-state index < -0.39 is 100 Å². The maximum Gasteiger partial charge on any atom is 0.317 e. The van der Waals surface area contributed by atoms with Crippen molar-refractivity contribution in [2.24, 2.45) is 0 Å². The largest absolute Gasteiger partial charge is 0.480 e. The topological polar surface area (TPSA) is 311 Å². The molecule has 0 radical (unpaired) electrons. The summed E-state index contributed by atoms with van der Waals surface area (Å²) in [6.07, 6.45) is 0. The molecule has 0 rings (SSSR count). The van der Waals surface area contributed by atoms with E-state index in [2.05, 4.69) is 0 Å². The Morgan fingerprint density at radius 1 is 0.293 bits per heavy atom. The zero-order valence-corrected chi connectivity index (χ0v) is 24.8. The summed E-state index contributed by atoms with van der Waals surface area (Å²) in [5.41, 5.74) is 0. The molecule has 0 aromatic carbocycles. The van der Waals surface area contributed by atoms with Crippen LogP contribution in [-0.2, 0) is 57.8 Å². The van der Waals surface area contributed by atoms with Gasteiger partial charge >= 0.3 is 47.8 Å². The number of hydrogen-bond donors (Lipinski definition) is 8. The molecule has 8 N–H and O–H groups in total. The van der Waals surface area contributed by atoms with E-state index in [1.807, 2.05) is 0 Å². The third kappa shape index (κ3) is 29.0. The van der Waals surface area contributed by atoms with Crippen LogP contribution in [0.2, 0.25) is 0 Å². The number of carbonyl (C=O) groups is 8. The molecular weight excluding hydrogens is 618 g/mol. The smallest absolute Gasteiger partial charge is 0.317 e. The summed E-state index contributed by atoms with van der Waals surface area (Å²) in [5, 5.41) is 68.9. The minimum atomic E-state index is -1.23. The number of hydrogen-bond acceptors (Lipinski definition) is 12. The first-order valence-corrected chi connectivity index (χ1v) is 11.0. The summed E-state index contributed by atoms with van der Waals surface area (Å²) >= 11 is 0. The molecule has 0 saturated carbocycles. The molecular formula is C20H32N4O16Zn. The molecule has 0 fully saturated rings. The Balaban J connectivity index is -0.000000688. The van der Waals surface area contributed by atoms with Gasteiger partial charge in [0.15, 0.2) is 0 Å². The second kappa shape index (κ2) is 23.0. The van der Waals surface area contributed by atoms with Gasteiger partial charge in [0.05, 0.1) is 52.4 Å². The summed E-state index contributed by atoms with van der Waals surface area (Å²) < 4.78 is 0. The van der Waals surface area contributed by atoms with E-state index in [4.69, 9.17) is 40.9 Å². The van der Waals surface area contributed by atoms with Gasteiger partial charge in [0, 0.05) is 45.7 Å². The molecule has 230 valence electrons. The number of aliphatic carboxylic acids is 8. The third-order valence-corrected chi connectivity index (χ3v) is 4.34. The van der Waals surface area contributed by atoms with Gasteiger partial charge in [-0.2, -0.15) is 0 Å². The molecule has 0 aromatic heterocycles. The standard InChI is InChI=1S/2C10H16N2O8.Zn/c2*13-7(14)3-11(4-8(15)16)1-2-12(5-9(17)18)6-10(19)20;/h2*1-6H2,(H,13,14)(H,15,16)(H,17,18)(H,19,20);. The Morgan fingerprint density at radius 3 is 0.463 bits per heavy atom. The van der Waals surface area contributed by atoms with Crippen LogP contribution in [-0.4, -0.2) is 187 Å². The van der Waals surface area contributed by atoms with Crippen LogP contribution in [0.15, 0.2) is 0 Å². The number of carboxylic acid groups (broad SMARTS) is 8. The fraction of sp³-hybridized carbons (Fsp3) is 0.600. The van der Waals surface area contributed by atoms with Crippen LogP contribution in [0.1, 0.15) is 0 Å². The van der Waals surface area contributed by atoms with Crippen molar-refractivity contribution in [2.75, 3.05) is 78.5 Å². The van der Waals surface area contributed by atoms with E-state index in [1.165, 1.54) is 0 Å². The number of carboxylic acids is 8. The summed E-state index contributed by atoms with van der Waals surface area (Å²) in [6, 6.07) is 0. The Kier molecular flexibility index (Phi) is 23.4. The van der Waals surface area contributed by atoms with Crippen molar-refractivity contribution in [2.45, 2.75) is 0 Å². The van der Waals surface area contributed by atoms with Gasteiger partial charge in [0.1, 0.15) is 0 Å². The average Bonchev–Trinajstić information content (AvgIpc) is 2.72. The van der Waals surface area contributed by atoms with Crippen LogP contribution in [0.25, 0.3) is 0 Å². The van der Waals surface area contributed by atoms with Crippen molar-refractivity contribution >= 4 is 47.8 Å². The van der Waals surface area contributed by atoms with Crippen molar-refractivity contribution in [3.63, 3.8) is 0 Å². The number of rotatable bonds is 22. The zero-order valence-electron chi connectivity index (χ0n) is 21.8. The zero-order chi connectivity index (χ0) is 31.4. The van der Waals surface area contributed by atoms with Crippen LogP contribution in [0.4, 0.5) is 0 Å². The Labute approximate surface area is 244 Å². The van der Waals surface area contributed by atoms with Gasteiger partial charge in [-0.3, -0.25) is 58.0 Å². The second-order valence-corrected chi connectivity index (χ2v) is 7.99. The summed E-state index contributed by atoms with van der Waals surface area (Å²) in [7, 11) is 0. The van der Waals surface area contributed by atoms with Crippen LogP contribution in [0.5, 0.6) is 0 Å². The van der Waals surface area contributed by atoms with E-state index >= 15 is 0 Å². The molecule has 20 nitrogen and oxygen atoms in total. The predicted octanol–water partition coefficient (Wildman–Crippen LogP) is -4.14. The van der Waals surface area contributed by atoms with E-state index in [9.17, 15) is 38.4 Å². The first-order valence-electron chi connectivity index (χ1n) is 11.0. The molecule has 0 aliphatic carbocycles. The first kappa shape index (κ1) is 41.7. The summed E-state index contributed by atoms with van der Waals surface area (Å²) in [6.45, 7) is -4.50. The molecule has 0 amide bonds. The van der Waals surface area contributed by atoms with Crippen LogP contribution in [0, 0.1) is 0 Å². The Bertz CT molecular complexity index is 710. The fourth-order valence-electron chi connectivity index (χ4n) is 2.95. The van der Waals surface area contributed by atoms with Crippen molar-refractivity contribution in [3.05, 3.63) is 0 Å². The molecule has 0 aromatic rings. The SMILES string of the molecule is O=C(O)CN(CCN(CC(=O)O)CC(=O)O)CC(=O)O.O=C(O)CN(CCN(CC(=O)O)CC(=O)O)CC(=O)O.[Zn]. The normalized spacial score (nSPS) is 10.4. The number of nitrogens with zero attached hydrogens (tertiary/aromatic N) is 4. The minimum absolute atomic E-state index is 0. The monoisotopic (exact) mass is 648 g/mol. The van der Waals surface area contributed by atoms with E-state index in [0.717, 1.165) is 19.6 Å². The maximum atomic E-state index is 10.6. The van der Waals surface area contributed by atoms with Crippen molar-refractivity contribution < 1.29 is 98.7 Å². The molecule has 41 heavy (non-hydrogen) atoms. The second-order valence-electron chi connectivity index (χ2n) is 7.99. The quantitative estimate of drug-likeness (QED) is 0.0516. The van der Waals surface area contributed by atoms with Crippen molar-refractivity contribution in [3.8, 4) is 0 Å². The molecule has 0 aliphatic rings. The van der Waals surface area contributed by atoms with E-state index in [0.29, 0.717) is 0 Å². The first-order chi connectivity index (χ1) is 18.4. The molecule has 0 aliphatic heterocycles.